The first-order chi connectivity index (χ1) is 10.3. The molecule has 0 saturated carbocycles. The van der Waals surface area contributed by atoms with Gasteiger partial charge in [0.1, 0.15) is 18.6 Å². The minimum absolute atomic E-state index is 0.111. The first kappa shape index (κ1) is 15.3. The van der Waals surface area contributed by atoms with Gasteiger partial charge in [-0.1, -0.05) is 55.8 Å². The molecule has 2 aromatic rings. The molecule has 0 bridgehead atoms. The molecule has 110 valence electrons. The Kier molecular flexibility index (Phi) is 6.01. The third-order valence-electron chi connectivity index (χ3n) is 3.50. The second kappa shape index (κ2) is 8.25. The predicted octanol–water partition coefficient (Wildman–Crippen LogP) is 4.42. The Morgan fingerprint density at radius 1 is 1.05 bits per heavy atom. The van der Waals surface area contributed by atoms with Crippen molar-refractivity contribution in [1.82, 2.24) is 0 Å². The van der Waals surface area contributed by atoms with Crippen molar-refractivity contribution in [2.45, 2.75) is 32.8 Å². The molecule has 0 saturated heterocycles. The summed E-state index contributed by atoms with van der Waals surface area (Å²) >= 11 is 0. The highest BCUT2D eigenvalue weighted by molar-refractivity contribution is 5.54. The molecule has 0 aliphatic heterocycles. The maximum atomic E-state index is 11.1. The van der Waals surface area contributed by atoms with Crippen LogP contribution in [0.5, 0.6) is 5.75 Å². The summed E-state index contributed by atoms with van der Waals surface area (Å²) in [6.07, 6.45) is 3.84. The minimum Gasteiger partial charge on any atom is -0.489 e. The molecule has 0 amide bonds. The van der Waals surface area contributed by atoms with Crippen LogP contribution in [-0.4, -0.2) is 6.29 Å². The van der Waals surface area contributed by atoms with Crippen LogP contribution in [0.1, 0.15) is 30.9 Å². The molecule has 0 fully saturated rings. The van der Waals surface area contributed by atoms with E-state index in [4.69, 9.17) is 4.74 Å². The fraction of sp³-hybridized carbons (Fsp3) is 0.316. The number of hydrogen-bond donors (Lipinski definition) is 0. The molecule has 0 N–H and O–H groups in total. The number of benzene rings is 2. The molecule has 2 rings (SSSR count). The van der Waals surface area contributed by atoms with Crippen molar-refractivity contribution < 1.29 is 9.53 Å². The average Bonchev–Trinajstić information content (AvgIpc) is 2.54. The van der Waals surface area contributed by atoms with Crippen molar-refractivity contribution in [1.29, 1.82) is 0 Å². The third-order valence-corrected chi connectivity index (χ3v) is 3.50. The number of carbonyl (C=O) groups is 1. The molecular formula is C19H22O2. The molecule has 21 heavy (non-hydrogen) atoms. The van der Waals surface area contributed by atoms with Crippen LogP contribution in [0.3, 0.4) is 0 Å². The van der Waals surface area contributed by atoms with Gasteiger partial charge in [-0.05, 0) is 36.1 Å². The molecule has 2 nitrogen and oxygen atoms in total. The molecule has 0 aromatic heterocycles. The Labute approximate surface area is 126 Å². The molecule has 0 spiro atoms. The van der Waals surface area contributed by atoms with Gasteiger partial charge in [-0.25, -0.2) is 0 Å². The minimum atomic E-state index is 0.111. The van der Waals surface area contributed by atoms with Crippen LogP contribution in [-0.2, 0) is 17.8 Å². The van der Waals surface area contributed by atoms with E-state index < -0.39 is 0 Å². The molecule has 2 heteroatoms. The largest absolute Gasteiger partial charge is 0.489 e. The highest BCUT2D eigenvalue weighted by atomic mass is 16.5. The van der Waals surface area contributed by atoms with E-state index in [2.05, 4.69) is 13.0 Å². The van der Waals surface area contributed by atoms with Gasteiger partial charge in [-0.15, -0.1) is 0 Å². The van der Waals surface area contributed by atoms with Crippen molar-refractivity contribution in [2.24, 2.45) is 5.92 Å². The molecule has 0 unspecified atom stereocenters. The molecule has 2 aromatic carbocycles. The average molecular weight is 282 g/mol. The van der Waals surface area contributed by atoms with E-state index >= 15 is 0 Å². The van der Waals surface area contributed by atoms with Crippen LogP contribution in [0.15, 0.2) is 54.6 Å². The Morgan fingerprint density at radius 3 is 2.52 bits per heavy atom. The lowest BCUT2D eigenvalue weighted by Gasteiger charge is -2.11. The summed E-state index contributed by atoms with van der Waals surface area (Å²) in [4.78, 5) is 11.1. The van der Waals surface area contributed by atoms with Gasteiger partial charge in [0.2, 0.25) is 0 Å². The summed E-state index contributed by atoms with van der Waals surface area (Å²) in [5.74, 6) is 0.969. The van der Waals surface area contributed by atoms with Gasteiger partial charge in [-0.3, -0.25) is 0 Å². The molecule has 0 aliphatic rings. The predicted molar refractivity (Wildman–Crippen MR) is 85.4 cm³/mol. The van der Waals surface area contributed by atoms with Crippen LogP contribution in [0.2, 0.25) is 0 Å². The lowest BCUT2D eigenvalue weighted by molar-refractivity contribution is -0.111. The number of carbonyl (C=O) groups excluding carboxylic acids is 1. The Morgan fingerprint density at radius 2 is 1.81 bits per heavy atom. The van der Waals surface area contributed by atoms with Crippen LogP contribution < -0.4 is 4.74 Å². The summed E-state index contributed by atoms with van der Waals surface area (Å²) < 4.78 is 5.82. The molecule has 1 atom stereocenters. The first-order valence-electron chi connectivity index (χ1n) is 7.52. The quantitative estimate of drug-likeness (QED) is 0.670. The maximum absolute atomic E-state index is 11.1. The fourth-order valence-electron chi connectivity index (χ4n) is 2.39. The Balaban J connectivity index is 1.95. The van der Waals surface area contributed by atoms with E-state index in [1.165, 1.54) is 0 Å². The number of rotatable bonds is 8. The van der Waals surface area contributed by atoms with Gasteiger partial charge in [0.05, 0.1) is 0 Å². The summed E-state index contributed by atoms with van der Waals surface area (Å²) in [5.41, 5.74) is 2.31. The molecule has 0 heterocycles. The van der Waals surface area contributed by atoms with Crippen molar-refractivity contribution in [2.75, 3.05) is 0 Å². The summed E-state index contributed by atoms with van der Waals surface area (Å²) in [6, 6.07) is 18.2. The smallest absolute Gasteiger partial charge is 0.123 e. The van der Waals surface area contributed by atoms with Crippen LogP contribution in [0.25, 0.3) is 0 Å². The zero-order chi connectivity index (χ0) is 14.9. The molecule has 0 radical (unpaired) electrons. The van der Waals surface area contributed by atoms with E-state index in [0.717, 1.165) is 42.4 Å². The molecular weight excluding hydrogens is 260 g/mol. The topological polar surface area (TPSA) is 26.3 Å². The Bertz CT molecular complexity index is 549. The molecule has 0 aliphatic carbocycles. The van der Waals surface area contributed by atoms with Crippen molar-refractivity contribution in [3.05, 3.63) is 65.7 Å². The van der Waals surface area contributed by atoms with E-state index in [0.29, 0.717) is 6.61 Å². The van der Waals surface area contributed by atoms with Gasteiger partial charge >= 0.3 is 0 Å². The van der Waals surface area contributed by atoms with E-state index in [-0.39, 0.29) is 5.92 Å². The number of ether oxygens (including phenoxy) is 1. The maximum Gasteiger partial charge on any atom is 0.123 e. The number of hydrogen-bond acceptors (Lipinski definition) is 2. The van der Waals surface area contributed by atoms with Crippen LogP contribution in [0.4, 0.5) is 0 Å². The monoisotopic (exact) mass is 282 g/mol. The van der Waals surface area contributed by atoms with Crippen LogP contribution in [0, 0.1) is 5.92 Å². The van der Waals surface area contributed by atoms with E-state index in [9.17, 15) is 4.79 Å². The lowest BCUT2D eigenvalue weighted by atomic mass is 9.96. The summed E-state index contributed by atoms with van der Waals surface area (Å²) in [6.45, 7) is 2.67. The van der Waals surface area contributed by atoms with Crippen molar-refractivity contribution >= 4 is 6.29 Å². The first-order valence-corrected chi connectivity index (χ1v) is 7.52. The zero-order valence-corrected chi connectivity index (χ0v) is 12.5. The highest BCUT2D eigenvalue weighted by Gasteiger charge is 2.08. The number of aldehydes is 1. The lowest BCUT2D eigenvalue weighted by Crippen LogP contribution is -2.06. The zero-order valence-electron chi connectivity index (χ0n) is 12.5. The van der Waals surface area contributed by atoms with Crippen molar-refractivity contribution in [3.63, 3.8) is 0 Å². The van der Waals surface area contributed by atoms with Gasteiger partial charge in [0.15, 0.2) is 0 Å². The van der Waals surface area contributed by atoms with Gasteiger partial charge < -0.3 is 9.53 Å². The second-order valence-electron chi connectivity index (χ2n) is 5.31. The van der Waals surface area contributed by atoms with Gasteiger partial charge in [0.25, 0.3) is 0 Å². The van der Waals surface area contributed by atoms with Crippen molar-refractivity contribution in [3.8, 4) is 5.75 Å². The van der Waals surface area contributed by atoms with Gasteiger partial charge in [0, 0.05) is 5.92 Å². The van der Waals surface area contributed by atoms with Crippen LogP contribution >= 0.6 is 0 Å². The summed E-state index contributed by atoms with van der Waals surface area (Å²) in [7, 11) is 0. The van der Waals surface area contributed by atoms with E-state index in [1.54, 1.807) is 0 Å². The highest BCUT2D eigenvalue weighted by Crippen LogP contribution is 2.19. The third kappa shape index (κ3) is 5.07. The standard InChI is InChI=1S/C19H22O2/c1-2-7-18(14-20)12-17-10-6-11-19(13-17)21-15-16-8-4-3-5-9-16/h3-6,8-11,13-14,18H,2,7,12,15H2,1H3/t18-/m1/s1. The van der Waals surface area contributed by atoms with Gasteiger partial charge in [-0.2, -0.15) is 0 Å². The second-order valence-corrected chi connectivity index (χ2v) is 5.31. The van der Waals surface area contributed by atoms with E-state index in [1.807, 2.05) is 48.5 Å². The fourth-order valence-corrected chi connectivity index (χ4v) is 2.39. The Hall–Kier alpha value is -2.09. The normalized spacial score (nSPS) is 11.9. The SMILES string of the molecule is CCC[C@@H](C=O)Cc1cccc(OCc2ccccc2)c1. The summed E-state index contributed by atoms with van der Waals surface area (Å²) in [5, 5.41) is 0.